The summed E-state index contributed by atoms with van der Waals surface area (Å²) in [6, 6.07) is 6.69. The van der Waals surface area contributed by atoms with Crippen LogP contribution in [0.4, 0.5) is 0 Å². The Kier molecular flexibility index (Phi) is 2.25. The van der Waals surface area contributed by atoms with Gasteiger partial charge in [-0.15, -0.1) is 0 Å². The van der Waals surface area contributed by atoms with E-state index in [0.717, 1.165) is 5.56 Å². The fraction of sp³-hybridized carbons (Fsp3) is 0.0909. The molecule has 0 atom stereocenters. The molecule has 2 aromatic rings. The fourth-order valence-electron chi connectivity index (χ4n) is 1.41. The molecule has 0 bridgehead atoms. The Hall–Kier alpha value is -2.10. The molecule has 0 fully saturated rings. The molecule has 0 aliphatic carbocycles. The van der Waals surface area contributed by atoms with E-state index in [1.54, 1.807) is 12.1 Å². The average Bonchev–Trinajstić information content (AvgIpc) is 2.17. The van der Waals surface area contributed by atoms with Crippen molar-refractivity contribution in [3.63, 3.8) is 0 Å². The van der Waals surface area contributed by atoms with Gasteiger partial charge in [0.05, 0.1) is 6.20 Å². The van der Waals surface area contributed by atoms with Gasteiger partial charge < -0.3 is 5.11 Å². The van der Waals surface area contributed by atoms with Crippen LogP contribution in [-0.2, 0) is 0 Å². The van der Waals surface area contributed by atoms with Crippen LogP contribution in [0.1, 0.15) is 5.56 Å². The van der Waals surface area contributed by atoms with E-state index in [4.69, 9.17) is 0 Å². The molecular weight excluding hydrogens is 192 g/mol. The molecule has 1 aromatic carbocycles. The van der Waals surface area contributed by atoms with Gasteiger partial charge in [-0.1, -0.05) is 12.1 Å². The third-order valence-corrected chi connectivity index (χ3v) is 2.13. The second kappa shape index (κ2) is 3.57. The molecule has 0 amide bonds. The highest BCUT2D eigenvalue weighted by Crippen LogP contribution is 2.28. The third kappa shape index (κ3) is 1.88. The first-order valence-corrected chi connectivity index (χ1v) is 4.51. The Morgan fingerprint density at radius 3 is 2.80 bits per heavy atom. The van der Waals surface area contributed by atoms with Gasteiger partial charge in [0.25, 0.3) is 5.56 Å². The van der Waals surface area contributed by atoms with E-state index in [9.17, 15) is 9.90 Å². The lowest BCUT2D eigenvalue weighted by atomic mass is 10.1. The maximum absolute atomic E-state index is 11.0. The normalized spacial score (nSPS) is 10.2. The van der Waals surface area contributed by atoms with Crippen molar-refractivity contribution >= 4 is 0 Å². The van der Waals surface area contributed by atoms with Gasteiger partial charge in [0.1, 0.15) is 5.75 Å². The average molecular weight is 202 g/mol. The summed E-state index contributed by atoms with van der Waals surface area (Å²) in [7, 11) is 0. The second-order valence-electron chi connectivity index (χ2n) is 3.35. The van der Waals surface area contributed by atoms with Gasteiger partial charge in [0.15, 0.2) is 0 Å². The molecule has 4 heteroatoms. The van der Waals surface area contributed by atoms with E-state index in [0.29, 0.717) is 11.1 Å². The summed E-state index contributed by atoms with van der Waals surface area (Å²) in [6.45, 7) is 1.89. The van der Waals surface area contributed by atoms with Crippen LogP contribution in [0.25, 0.3) is 11.1 Å². The summed E-state index contributed by atoms with van der Waals surface area (Å²) >= 11 is 0. The number of nitrogens with zero attached hydrogens (tertiary/aromatic N) is 1. The molecular formula is C11H10N2O2. The van der Waals surface area contributed by atoms with Gasteiger partial charge >= 0.3 is 0 Å². The van der Waals surface area contributed by atoms with Gasteiger partial charge in [-0.05, 0) is 18.6 Å². The topological polar surface area (TPSA) is 66.0 Å². The molecule has 1 aromatic heterocycles. The Morgan fingerprint density at radius 2 is 2.13 bits per heavy atom. The first-order valence-electron chi connectivity index (χ1n) is 4.51. The summed E-state index contributed by atoms with van der Waals surface area (Å²) < 4.78 is 0. The summed E-state index contributed by atoms with van der Waals surface area (Å²) in [5, 5.41) is 15.7. The SMILES string of the molecule is Cc1ccc(-c2cn[nH]c(=O)c2)c(O)c1. The van der Waals surface area contributed by atoms with E-state index in [2.05, 4.69) is 10.2 Å². The van der Waals surface area contributed by atoms with Crippen LogP contribution in [0, 0.1) is 6.92 Å². The van der Waals surface area contributed by atoms with Gasteiger partial charge in [-0.2, -0.15) is 5.10 Å². The number of aromatic nitrogens is 2. The molecule has 0 aliphatic heterocycles. The molecule has 0 spiro atoms. The number of H-pyrrole nitrogens is 1. The number of benzene rings is 1. The van der Waals surface area contributed by atoms with Crippen molar-refractivity contribution in [3.05, 3.63) is 46.4 Å². The van der Waals surface area contributed by atoms with Crippen LogP contribution in [0.5, 0.6) is 5.75 Å². The van der Waals surface area contributed by atoms with Gasteiger partial charge in [0.2, 0.25) is 0 Å². The minimum atomic E-state index is -0.285. The number of nitrogens with one attached hydrogen (secondary N) is 1. The second-order valence-corrected chi connectivity index (χ2v) is 3.35. The van der Waals surface area contributed by atoms with Crippen molar-refractivity contribution in [1.82, 2.24) is 10.2 Å². The minimum Gasteiger partial charge on any atom is -0.507 e. The molecule has 15 heavy (non-hydrogen) atoms. The maximum atomic E-state index is 11.0. The first kappa shape index (κ1) is 9.45. The number of aromatic amines is 1. The Morgan fingerprint density at radius 1 is 1.33 bits per heavy atom. The summed E-state index contributed by atoms with van der Waals surface area (Å²) in [4.78, 5) is 11.0. The third-order valence-electron chi connectivity index (χ3n) is 2.13. The Balaban J connectivity index is 2.59. The molecule has 2 rings (SSSR count). The molecule has 0 unspecified atom stereocenters. The van der Waals surface area contributed by atoms with E-state index in [1.165, 1.54) is 12.3 Å². The van der Waals surface area contributed by atoms with Crippen LogP contribution in [0.3, 0.4) is 0 Å². The van der Waals surface area contributed by atoms with Gasteiger partial charge in [0, 0.05) is 17.2 Å². The van der Waals surface area contributed by atoms with Crippen molar-refractivity contribution in [1.29, 1.82) is 0 Å². The number of phenols is 1. The highest BCUT2D eigenvalue weighted by molar-refractivity contribution is 5.69. The molecule has 76 valence electrons. The Labute approximate surface area is 86.2 Å². The molecule has 0 saturated heterocycles. The van der Waals surface area contributed by atoms with Gasteiger partial charge in [-0.3, -0.25) is 4.79 Å². The van der Waals surface area contributed by atoms with E-state index in [1.807, 2.05) is 13.0 Å². The van der Waals surface area contributed by atoms with E-state index in [-0.39, 0.29) is 11.3 Å². The maximum Gasteiger partial charge on any atom is 0.264 e. The number of phenolic OH excluding ortho intramolecular Hbond substituents is 1. The predicted octanol–water partition coefficient (Wildman–Crippen LogP) is 1.45. The van der Waals surface area contributed by atoms with Crippen LogP contribution in [0.15, 0.2) is 35.3 Å². The first-order chi connectivity index (χ1) is 7.16. The van der Waals surface area contributed by atoms with Crippen LogP contribution >= 0.6 is 0 Å². The quantitative estimate of drug-likeness (QED) is 0.735. The lowest BCUT2D eigenvalue weighted by Crippen LogP contribution is -2.05. The zero-order valence-corrected chi connectivity index (χ0v) is 8.19. The summed E-state index contributed by atoms with van der Waals surface area (Å²) in [5.41, 5.74) is 1.90. The van der Waals surface area contributed by atoms with Crippen molar-refractivity contribution < 1.29 is 5.11 Å². The van der Waals surface area contributed by atoms with E-state index >= 15 is 0 Å². The predicted molar refractivity (Wildman–Crippen MR) is 56.7 cm³/mol. The highest BCUT2D eigenvalue weighted by atomic mass is 16.3. The minimum absolute atomic E-state index is 0.155. The molecule has 0 radical (unpaired) electrons. The molecule has 0 saturated carbocycles. The van der Waals surface area contributed by atoms with E-state index < -0.39 is 0 Å². The molecule has 2 N–H and O–H groups in total. The lowest BCUT2D eigenvalue weighted by molar-refractivity contribution is 0.477. The van der Waals surface area contributed by atoms with Crippen molar-refractivity contribution in [2.75, 3.05) is 0 Å². The number of aromatic hydroxyl groups is 1. The van der Waals surface area contributed by atoms with Crippen LogP contribution < -0.4 is 5.56 Å². The fourth-order valence-corrected chi connectivity index (χ4v) is 1.41. The molecule has 1 heterocycles. The number of aryl methyl sites for hydroxylation is 1. The Bertz CT molecular complexity index is 546. The molecule has 4 nitrogen and oxygen atoms in total. The van der Waals surface area contributed by atoms with Crippen LogP contribution in [-0.4, -0.2) is 15.3 Å². The number of hydrogen-bond acceptors (Lipinski definition) is 3. The van der Waals surface area contributed by atoms with Gasteiger partial charge in [-0.25, -0.2) is 5.10 Å². The number of rotatable bonds is 1. The standard InChI is InChI=1S/C11H10N2O2/c1-7-2-3-9(10(14)4-7)8-5-11(15)13-12-6-8/h2-6,14H,1H3,(H,13,15). The number of hydrogen-bond donors (Lipinski definition) is 2. The lowest BCUT2D eigenvalue weighted by Gasteiger charge is -2.04. The summed E-state index contributed by atoms with van der Waals surface area (Å²) in [5.74, 6) is 0.155. The zero-order valence-electron chi connectivity index (χ0n) is 8.19. The summed E-state index contributed by atoms with van der Waals surface area (Å²) in [6.07, 6.45) is 1.51. The van der Waals surface area contributed by atoms with Crippen molar-refractivity contribution in [2.24, 2.45) is 0 Å². The largest absolute Gasteiger partial charge is 0.507 e. The van der Waals surface area contributed by atoms with Crippen LogP contribution in [0.2, 0.25) is 0 Å². The molecule has 0 aliphatic rings. The zero-order chi connectivity index (χ0) is 10.8. The monoisotopic (exact) mass is 202 g/mol. The highest BCUT2D eigenvalue weighted by Gasteiger charge is 2.04. The smallest absolute Gasteiger partial charge is 0.264 e. The van der Waals surface area contributed by atoms with Crippen molar-refractivity contribution in [2.45, 2.75) is 6.92 Å². The van der Waals surface area contributed by atoms with Crippen molar-refractivity contribution in [3.8, 4) is 16.9 Å².